The first-order valence-corrected chi connectivity index (χ1v) is 3.99. The van der Waals surface area contributed by atoms with Crippen molar-refractivity contribution in [3.05, 3.63) is 29.7 Å². The summed E-state index contributed by atoms with van der Waals surface area (Å²) < 4.78 is 5.34. The molecule has 1 heterocycles. The number of hydrogen-bond acceptors (Lipinski definition) is 2. The van der Waals surface area contributed by atoms with E-state index in [0.29, 0.717) is 0 Å². The van der Waals surface area contributed by atoms with Crippen LogP contribution in [0, 0.1) is 0 Å². The minimum atomic E-state index is 0.0319. The molecule has 0 aromatic carbocycles. The highest BCUT2D eigenvalue weighted by Crippen LogP contribution is 2.09. The fourth-order valence-electron chi connectivity index (χ4n) is 0.874. The van der Waals surface area contributed by atoms with Crippen LogP contribution in [0.15, 0.2) is 22.6 Å². The number of furan rings is 1. The van der Waals surface area contributed by atoms with Crippen molar-refractivity contribution in [3.8, 4) is 0 Å². The number of rotatable bonds is 3. The Kier molecular flexibility index (Phi) is 2.86. The number of carbonyl (C=O) groups is 1. The first-order chi connectivity index (χ1) is 5.72. The van der Waals surface area contributed by atoms with Crippen molar-refractivity contribution in [1.29, 1.82) is 0 Å². The van der Waals surface area contributed by atoms with E-state index in [1.54, 1.807) is 6.08 Å². The summed E-state index contributed by atoms with van der Waals surface area (Å²) in [6, 6.07) is 3.78. The van der Waals surface area contributed by atoms with Crippen LogP contribution in [0.5, 0.6) is 0 Å². The number of hydrogen-bond donors (Lipinski definition) is 0. The van der Waals surface area contributed by atoms with Crippen molar-refractivity contribution >= 4 is 11.9 Å². The highest BCUT2D eigenvalue weighted by Gasteiger charge is 1.95. The molecule has 0 aliphatic heterocycles. The Morgan fingerprint density at radius 2 is 2.33 bits per heavy atom. The topological polar surface area (TPSA) is 30.2 Å². The lowest BCUT2D eigenvalue weighted by Gasteiger charge is -1.85. The minimum Gasteiger partial charge on any atom is -0.462 e. The highest BCUT2D eigenvalue weighted by molar-refractivity contribution is 5.91. The number of ketones is 1. The monoisotopic (exact) mass is 164 g/mol. The van der Waals surface area contributed by atoms with Crippen molar-refractivity contribution in [2.24, 2.45) is 0 Å². The maximum Gasteiger partial charge on any atom is 0.152 e. The summed E-state index contributed by atoms with van der Waals surface area (Å²) in [6.45, 7) is 3.54. The summed E-state index contributed by atoms with van der Waals surface area (Å²) in [5.41, 5.74) is 0. The molecule has 1 aromatic heterocycles. The van der Waals surface area contributed by atoms with E-state index in [1.165, 1.54) is 13.0 Å². The highest BCUT2D eigenvalue weighted by atomic mass is 16.3. The first kappa shape index (κ1) is 8.78. The van der Waals surface area contributed by atoms with E-state index < -0.39 is 0 Å². The standard InChI is InChI=1S/C10H12O2/c1-3-9-6-7-10(12-9)5-4-8(2)11/h4-7H,3H2,1-2H3. The van der Waals surface area contributed by atoms with Crippen molar-refractivity contribution in [3.63, 3.8) is 0 Å². The molecule has 1 rings (SSSR count). The van der Waals surface area contributed by atoms with Crippen LogP contribution in [0.1, 0.15) is 25.4 Å². The van der Waals surface area contributed by atoms with Gasteiger partial charge >= 0.3 is 0 Å². The maximum atomic E-state index is 10.6. The van der Waals surface area contributed by atoms with Gasteiger partial charge in [0.15, 0.2) is 5.78 Å². The molecule has 0 unspecified atom stereocenters. The Labute approximate surface area is 71.9 Å². The van der Waals surface area contributed by atoms with Crippen LogP contribution in [0.4, 0.5) is 0 Å². The van der Waals surface area contributed by atoms with E-state index in [0.717, 1.165) is 17.9 Å². The van der Waals surface area contributed by atoms with Crippen LogP contribution in [0.3, 0.4) is 0 Å². The van der Waals surface area contributed by atoms with Gasteiger partial charge in [-0.2, -0.15) is 0 Å². The molecule has 0 saturated heterocycles. The third-order valence-electron chi connectivity index (χ3n) is 1.51. The lowest BCUT2D eigenvalue weighted by atomic mass is 10.3. The molecule has 0 N–H and O–H groups in total. The summed E-state index contributed by atoms with van der Waals surface area (Å²) in [7, 11) is 0. The summed E-state index contributed by atoms with van der Waals surface area (Å²) in [6.07, 6.45) is 4.06. The lowest BCUT2D eigenvalue weighted by molar-refractivity contribution is -0.112. The number of carbonyl (C=O) groups excluding carboxylic acids is 1. The summed E-state index contributed by atoms with van der Waals surface area (Å²) in [5.74, 6) is 1.71. The molecule has 64 valence electrons. The fraction of sp³-hybridized carbons (Fsp3) is 0.300. The third kappa shape index (κ3) is 2.38. The normalized spacial score (nSPS) is 10.8. The second-order valence-corrected chi connectivity index (χ2v) is 2.60. The van der Waals surface area contributed by atoms with Crippen LogP contribution < -0.4 is 0 Å². The predicted molar refractivity (Wildman–Crippen MR) is 47.8 cm³/mol. The van der Waals surface area contributed by atoms with Crippen molar-refractivity contribution in [2.75, 3.05) is 0 Å². The van der Waals surface area contributed by atoms with Gasteiger partial charge in [-0.05, 0) is 31.2 Å². The molecule has 0 amide bonds. The number of aryl methyl sites for hydroxylation is 1. The third-order valence-corrected chi connectivity index (χ3v) is 1.51. The largest absolute Gasteiger partial charge is 0.462 e. The smallest absolute Gasteiger partial charge is 0.152 e. The molecule has 0 bridgehead atoms. The molecular weight excluding hydrogens is 152 g/mol. The second kappa shape index (κ2) is 3.90. The van der Waals surface area contributed by atoms with Crippen molar-refractivity contribution in [1.82, 2.24) is 0 Å². The Bertz CT molecular complexity index is 295. The number of allylic oxidation sites excluding steroid dienone is 1. The molecule has 0 spiro atoms. The molecule has 0 fully saturated rings. The van der Waals surface area contributed by atoms with E-state index in [4.69, 9.17) is 4.42 Å². The van der Waals surface area contributed by atoms with Crippen molar-refractivity contribution < 1.29 is 9.21 Å². The van der Waals surface area contributed by atoms with Crippen LogP contribution in [-0.2, 0) is 11.2 Å². The second-order valence-electron chi connectivity index (χ2n) is 2.60. The summed E-state index contributed by atoms with van der Waals surface area (Å²) in [4.78, 5) is 10.6. The van der Waals surface area contributed by atoms with Gasteiger partial charge in [0.1, 0.15) is 11.5 Å². The summed E-state index contributed by atoms with van der Waals surface area (Å²) in [5, 5.41) is 0. The zero-order chi connectivity index (χ0) is 8.97. The Morgan fingerprint density at radius 1 is 1.58 bits per heavy atom. The fourth-order valence-corrected chi connectivity index (χ4v) is 0.874. The molecule has 2 nitrogen and oxygen atoms in total. The van der Waals surface area contributed by atoms with Crippen LogP contribution >= 0.6 is 0 Å². The SMILES string of the molecule is CCc1ccc(C=CC(C)=O)o1. The molecule has 0 saturated carbocycles. The van der Waals surface area contributed by atoms with Crippen LogP contribution in [-0.4, -0.2) is 5.78 Å². The zero-order valence-corrected chi connectivity index (χ0v) is 7.33. The lowest BCUT2D eigenvalue weighted by Crippen LogP contribution is -1.78. The summed E-state index contributed by atoms with van der Waals surface area (Å²) >= 11 is 0. The average molecular weight is 164 g/mol. The van der Waals surface area contributed by atoms with Gasteiger partial charge < -0.3 is 4.42 Å². The van der Waals surface area contributed by atoms with Gasteiger partial charge in [-0.1, -0.05) is 6.92 Å². The van der Waals surface area contributed by atoms with Crippen LogP contribution in [0.2, 0.25) is 0 Å². The molecule has 0 atom stereocenters. The van der Waals surface area contributed by atoms with E-state index >= 15 is 0 Å². The van der Waals surface area contributed by atoms with Gasteiger partial charge in [-0.3, -0.25) is 4.79 Å². The van der Waals surface area contributed by atoms with E-state index in [1.807, 2.05) is 19.1 Å². The van der Waals surface area contributed by atoms with E-state index in [2.05, 4.69) is 0 Å². The molecule has 0 aliphatic rings. The molecular formula is C10H12O2. The maximum absolute atomic E-state index is 10.6. The molecule has 2 heteroatoms. The van der Waals surface area contributed by atoms with Gasteiger partial charge in [-0.15, -0.1) is 0 Å². The average Bonchev–Trinajstić information content (AvgIpc) is 2.48. The quantitative estimate of drug-likeness (QED) is 0.642. The molecule has 0 aliphatic carbocycles. The van der Waals surface area contributed by atoms with Gasteiger partial charge in [0, 0.05) is 6.42 Å². The van der Waals surface area contributed by atoms with Crippen molar-refractivity contribution in [2.45, 2.75) is 20.3 Å². The molecule has 1 aromatic rings. The molecule has 12 heavy (non-hydrogen) atoms. The van der Waals surface area contributed by atoms with Gasteiger partial charge in [-0.25, -0.2) is 0 Å². The zero-order valence-electron chi connectivity index (χ0n) is 7.33. The predicted octanol–water partition coefficient (Wildman–Crippen LogP) is 2.44. The van der Waals surface area contributed by atoms with E-state index in [-0.39, 0.29) is 5.78 Å². The minimum absolute atomic E-state index is 0.0319. The molecule has 0 radical (unpaired) electrons. The Morgan fingerprint density at radius 3 is 2.83 bits per heavy atom. The Hall–Kier alpha value is -1.31. The van der Waals surface area contributed by atoms with Gasteiger partial charge in [0.05, 0.1) is 0 Å². The van der Waals surface area contributed by atoms with Gasteiger partial charge in [0.2, 0.25) is 0 Å². The van der Waals surface area contributed by atoms with Crippen LogP contribution in [0.25, 0.3) is 6.08 Å². The Balaban J connectivity index is 2.70. The van der Waals surface area contributed by atoms with Gasteiger partial charge in [0.25, 0.3) is 0 Å². The first-order valence-electron chi connectivity index (χ1n) is 3.99. The van der Waals surface area contributed by atoms with E-state index in [9.17, 15) is 4.79 Å².